The van der Waals surface area contributed by atoms with Gasteiger partial charge in [-0.05, 0) is 72.9 Å². The zero-order valence-corrected chi connectivity index (χ0v) is 29.0. The van der Waals surface area contributed by atoms with Gasteiger partial charge in [-0.3, -0.25) is 14.6 Å². The lowest BCUT2D eigenvalue weighted by Crippen LogP contribution is -2.17. The molecule has 2 aliphatic rings. The molecule has 3 aromatic rings. The fourth-order valence-electron chi connectivity index (χ4n) is 4.68. The number of ether oxygens (including phenoxy) is 4. The van der Waals surface area contributed by atoms with Crippen molar-refractivity contribution < 1.29 is 45.7 Å². The van der Waals surface area contributed by atoms with Crippen molar-refractivity contribution in [2.24, 2.45) is 11.8 Å². The molecule has 0 saturated heterocycles. The topological polar surface area (TPSA) is 118 Å². The average molecular weight is 745 g/mol. The van der Waals surface area contributed by atoms with E-state index in [2.05, 4.69) is 9.72 Å². The molecule has 2 saturated carbocycles. The molecule has 0 amide bonds. The van der Waals surface area contributed by atoms with Crippen LogP contribution in [-0.4, -0.2) is 56.3 Å². The highest BCUT2D eigenvalue weighted by molar-refractivity contribution is 8.14. The first-order valence-corrected chi connectivity index (χ1v) is 18.9. The van der Waals surface area contributed by atoms with Crippen LogP contribution in [-0.2, 0) is 31.5 Å². The predicted octanol–water partition coefficient (Wildman–Crippen LogP) is 7.51. The number of carbonyl (C=O) groups excluding carboxylic acids is 2. The number of pyridine rings is 1. The minimum atomic E-state index is -3.35. The molecule has 2 aliphatic carbocycles. The predicted molar refractivity (Wildman–Crippen MR) is 178 cm³/mol. The second-order valence-corrected chi connectivity index (χ2v) is 15.7. The van der Waals surface area contributed by atoms with E-state index in [9.17, 15) is 26.8 Å². The van der Waals surface area contributed by atoms with E-state index in [-0.39, 0.29) is 45.0 Å². The first-order chi connectivity index (χ1) is 22.8. The summed E-state index contributed by atoms with van der Waals surface area (Å²) in [6.07, 6.45) is 6.91. The molecular weight excluding hydrogens is 711 g/mol. The maximum Gasteiger partial charge on any atom is 0.387 e. The molecule has 258 valence electrons. The average Bonchev–Trinajstić information content (AvgIpc) is 3.95. The second-order valence-electron chi connectivity index (χ2n) is 11.8. The molecule has 0 radical (unpaired) electrons. The lowest BCUT2D eigenvalue weighted by atomic mass is 10.0. The highest BCUT2D eigenvalue weighted by atomic mass is 35.5. The van der Waals surface area contributed by atoms with Gasteiger partial charge in [-0.1, -0.05) is 47.1 Å². The van der Waals surface area contributed by atoms with Gasteiger partial charge in [0.15, 0.2) is 21.3 Å². The molecular formula is C33H33Cl2F2NO8S2. The van der Waals surface area contributed by atoms with E-state index in [1.165, 1.54) is 48.8 Å². The molecule has 2 fully saturated rings. The fraction of sp³-hybridized carbons (Fsp3) is 0.424. The van der Waals surface area contributed by atoms with Crippen molar-refractivity contribution in [1.29, 1.82) is 0 Å². The van der Waals surface area contributed by atoms with Gasteiger partial charge in [0.1, 0.15) is 11.9 Å². The number of sulfone groups is 1. The van der Waals surface area contributed by atoms with Crippen molar-refractivity contribution in [3.63, 3.8) is 0 Å². The fourth-order valence-corrected chi connectivity index (χ4v) is 6.61. The number of hydrogen-bond donors (Lipinski definition) is 0. The number of esters is 1. The van der Waals surface area contributed by atoms with Gasteiger partial charge in [-0.15, -0.1) is 0 Å². The Morgan fingerprint density at radius 2 is 1.58 bits per heavy atom. The van der Waals surface area contributed by atoms with Crippen LogP contribution in [0.2, 0.25) is 10.0 Å². The highest BCUT2D eigenvalue weighted by Gasteiger charge is 2.27. The van der Waals surface area contributed by atoms with Crippen molar-refractivity contribution in [3.8, 4) is 17.2 Å². The van der Waals surface area contributed by atoms with Crippen LogP contribution in [0.15, 0.2) is 48.8 Å². The number of alkyl halides is 2. The minimum Gasteiger partial charge on any atom is -0.493 e. The number of benzene rings is 2. The Bertz CT molecular complexity index is 1730. The summed E-state index contributed by atoms with van der Waals surface area (Å²) in [7, 11) is -3.35. The summed E-state index contributed by atoms with van der Waals surface area (Å²) >= 11 is 13.4. The van der Waals surface area contributed by atoms with Gasteiger partial charge >= 0.3 is 12.6 Å². The second kappa shape index (κ2) is 16.1. The Morgan fingerprint density at radius 1 is 0.938 bits per heavy atom. The molecule has 48 heavy (non-hydrogen) atoms. The number of aromatic nitrogens is 1. The lowest BCUT2D eigenvalue weighted by Gasteiger charge is -2.21. The van der Waals surface area contributed by atoms with Gasteiger partial charge in [0, 0.05) is 36.2 Å². The number of carbonyl (C=O) groups is 2. The van der Waals surface area contributed by atoms with Crippen LogP contribution in [0.25, 0.3) is 0 Å². The molecule has 0 bridgehead atoms. The molecule has 0 aliphatic heterocycles. The van der Waals surface area contributed by atoms with Crippen LogP contribution in [0.1, 0.15) is 58.8 Å². The van der Waals surface area contributed by atoms with E-state index in [1.807, 2.05) is 0 Å². The van der Waals surface area contributed by atoms with E-state index in [4.69, 9.17) is 37.4 Å². The smallest absolute Gasteiger partial charge is 0.387 e. The molecule has 1 aromatic heterocycles. The normalized spacial score (nSPS) is 15.2. The first-order valence-electron chi connectivity index (χ1n) is 15.1. The zero-order chi connectivity index (χ0) is 34.4. The third-order valence-electron chi connectivity index (χ3n) is 7.56. The van der Waals surface area contributed by atoms with Crippen LogP contribution >= 0.6 is 35.0 Å². The van der Waals surface area contributed by atoms with Crippen molar-refractivity contribution in [2.75, 3.05) is 25.2 Å². The molecule has 15 heteroatoms. The first kappa shape index (κ1) is 36.2. The van der Waals surface area contributed by atoms with Crippen molar-refractivity contribution in [3.05, 3.63) is 81.1 Å². The third-order valence-corrected chi connectivity index (χ3v) is 9.92. The maximum atomic E-state index is 13.2. The SMILES string of the molecule is CS(=O)(=O)Cc1ccc(C(=O)SCC(=O)O[C@@H](Cc2c(Cl)cncc2Cl)c2ccc(OC(F)F)c(OCC3CC3)c2)cc1OCC1CC1. The third kappa shape index (κ3) is 10.9. The molecule has 0 unspecified atom stereocenters. The van der Waals surface area contributed by atoms with Crippen LogP contribution < -0.4 is 14.2 Å². The van der Waals surface area contributed by atoms with Crippen LogP contribution in [0, 0.1) is 11.8 Å². The molecule has 2 aromatic carbocycles. The molecule has 1 atom stereocenters. The van der Waals surface area contributed by atoms with Crippen molar-refractivity contribution in [1.82, 2.24) is 4.98 Å². The van der Waals surface area contributed by atoms with Gasteiger partial charge < -0.3 is 18.9 Å². The van der Waals surface area contributed by atoms with E-state index in [1.54, 1.807) is 0 Å². The Hall–Kier alpha value is -3.13. The molecule has 1 heterocycles. The van der Waals surface area contributed by atoms with Gasteiger partial charge in [0.05, 0.1) is 34.8 Å². The summed E-state index contributed by atoms with van der Waals surface area (Å²) in [5, 5.41) is 0.0140. The quantitative estimate of drug-likeness (QED) is 0.129. The molecule has 9 nitrogen and oxygen atoms in total. The highest BCUT2D eigenvalue weighted by Crippen LogP contribution is 2.38. The largest absolute Gasteiger partial charge is 0.493 e. The number of halogens is 4. The molecule has 0 spiro atoms. The Morgan fingerprint density at radius 3 is 2.19 bits per heavy atom. The van der Waals surface area contributed by atoms with E-state index in [0.29, 0.717) is 59.3 Å². The van der Waals surface area contributed by atoms with Crippen molar-refractivity contribution in [2.45, 2.75) is 50.6 Å². The Labute approximate surface area is 291 Å². The minimum absolute atomic E-state index is 0.00511. The number of nitrogens with zero attached hydrogens (tertiary/aromatic N) is 1. The summed E-state index contributed by atoms with van der Waals surface area (Å²) in [5.41, 5.74) is 1.52. The van der Waals surface area contributed by atoms with Gasteiger partial charge in [-0.25, -0.2) is 8.42 Å². The molecule has 0 N–H and O–H groups in total. The van der Waals surface area contributed by atoms with Gasteiger partial charge in [0.2, 0.25) is 5.12 Å². The van der Waals surface area contributed by atoms with Crippen LogP contribution in [0.5, 0.6) is 17.2 Å². The van der Waals surface area contributed by atoms with Gasteiger partial charge in [-0.2, -0.15) is 8.78 Å². The number of rotatable bonds is 17. The van der Waals surface area contributed by atoms with Crippen LogP contribution in [0.4, 0.5) is 8.78 Å². The summed E-state index contributed by atoms with van der Waals surface area (Å²) in [4.78, 5) is 30.3. The van der Waals surface area contributed by atoms with E-state index in [0.717, 1.165) is 31.9 Å². The lowest BCUT2D eigenvalue weighted by molar-refractivity contribution is -0.146. The van der Waals surface area contributed by atoms with E-state index >= 15 is 0 Å². The Balaban J connectivity index is 1.32. The summed E-state index contributed by atoms with van der Waals surface area (Å²) in [5.74, 6) is -0.413. The van der Waals surface area contributed by atoms with Crippen LogP contribution in [0.3, 0.4) is 0 Å². The summed E-state index contributed by atoms with van der Waals surface area (Å²) in [6, 6.07) is 8.79. The standard InChI is InChI=1S/C33H33Cl2F2NO8S2/c1-48(41,42)18-23-7-6-22(11-28(23)43-15-19-2-3-19)32(40)47-17-31(39)45-29(12-24-25(34)13-38-14-26(24)35)21-8-9-27(46-33(36)37)30(10-21)44-16-20-4-5-20/h6-11,13-14,19-20,29,33H,2-5,12,15-18H2,1H3/t29-/m0/s1. The maximum absolute atomic E-state index is 13.2. The van der Waals surface area contributed by atoms with E-state index < -0.39 is 33.6 Å². The monoisotopic (exact) mass is 743 g/mol. The number of hydrogen-bond acceptors (Lipinski definition) is 10. The van der Waals surface area contributed by atoms with Gasteiger partial charge in [0.25, 0.3) is 0 Å². The molecule has 5 rings (SSSR count). The number of thioether (sulfide) groups is 1. The zero-order valence-electron chi connectivity index (χ0n) is 25.8. The summed E-state index contributed by atoms with van der Waals surface area (Å²) < 4.78 is 72.3. The van der Waals surface area contributed by atoms with Crippen molar-refractivity contribution >= 4 is 55.9 Å². The Kier molecular flexibility index (Phi) is 12.1. The summed E-state index contributed by atoms with van der Waals surface area (Å²) in [6.45, 7) is -2.34.